The topological polar surface area (TPSA) is 24.9 Å². The highest BCUT2D eigenvalue weighted by molar-refractivity contribution is 8.00. The maximum Gasteiger partial charge on any atom is 0.0798 e. The zero-order valence-electron chi connectivity index (χ0n) is 11.8. The van der Waals surface area contributed by atoms with Gasteiger partial charge in [0.1, 0.15) is 0 Å². The molecule has 2 nitrogen and oxygen atoms in total. The first-order valence-corrected chi connectivity index (χ1v) is 8.97. The van der Waals surface area contributed by atoms with Crippen LogP contribution in [0.2, 0.25) is 0 Å². The largest absolute Gasteiger partial charge is 0.379 e. The SMILES string of the molecule is Cc1ncsc1CNc1ccccc1SC1CCCC1. The highest BCUT2D eigenvalue weighted by Gasteiger charge is 2.17. The number of thiazole rings is 1. The maximum absolute atomic E-state index is 4.31. The van der Waals surface area contributed by atoms with Crippen LogP contribution in [0.15, 0.2) is 34.7 Å². The summed E-state index contributed by atoms with van der Waals surface area (Å²) in [6.07, 6.45) is 5.53. The minimum absolute atomic E-state index is 0.808. The monoisotopic (exact) mass is 304 g/mol. The van der Waals surface area contributed by atoms with E-state index in [1.54, 1.807) is 11.3 Å². The van der Waals surface area contributed by atoms with Gasteiger partial charge in [0, 0.05) is 20.7 Å². The summed E-state index contributed by atoms with van der Waals surface area (Å²) in [4.78, 5) is 7.02. The van der Waals surface area contributed by atoms with Crippen LogP contribution in [-0.4, -0.2) is 10.2 Å². The summed E-state index contributed by atoms with van der Waals surface area (Å²) in [7, 11) is 0. The summed E-state index contributed by atoms with van der Waals surface area (Å²) in [6, 6.07) is 8.68. The van der Waals surface area contributed by atoms with E-state index in [1.165, 1.54) is 41.1 Å². The van der Waals surface area contributed by atoms with Crippen LogP contribution >= 0.6 is 23.1 Å². The van der Waals surface area contributed by atoms with Crippen molar-refractivity contribution < 1.29 is 0 Å². The van der Waals surface area contributed by atoms with Crippen LogP contribution < -0.4 is 5.32 Å². The quantitative estimate of drug-likeness (QED) is 0.832. The average Bonchev–Trinajstić information content (AvgIpc) is 3.10. The molecule has 0 aliphatic heterocycles. The number of aryl methyl sites for hydroxylation is 1. The molecule has 1 heterocycles. The third-order valence-corrected chi connectivity index (χ3v) is 6.12. The first kappa shape index (κ1) is 14.0. The normalized spacial score (nSPS) is 15.7. The Kier molecular flexibility index (Phi) is 4.63. The summed E-state index contributed by atoms with van der Waals surface area (Å²) in [5.41, 5.74) is 4.33. The van der Waals surface area contributed by atoms with E-state index < -0.39 is 0 Å². The highest BCUT2D eigenvalue weighted by Crippen LogP contribution is 2.38. The van der Waals surface area contributed by atoms with E-state index in [2.05, 4.69) is 41.5 Å². The number of nitrogens with zero attached hydrogens (tertiary/aromatic N) is 1. The lowest BCUT2D eigenvalue weighted by Gasteiger charge is -2.14. The number of anilines is 1. The van der Waals surface area contributed by atoms with Gasteiger partial charge in [0.15, 0.2) is 0 Å². The predicted octanol–water partition coefficient (Wildman–Crippen LogP) is 5.10. The van der Waals surface area contributed by atoms with Gasteiger partial charge in [0.05, 0.1) is 17.7 Å². The average molecular weight is 304 g/mol. The van der Waals surface area contributed by atoms with Gasteiger partial charge in [0.25, 0.3) is 0 Å². The number of hydrogen-bond acceptors (Lipinski definition) is 4. The van der Waals surface area contributed by atoms with Crippen LogP contribution in [-0.2, 0) is 6.54 Å². The lowest BCUT2D eigenvalue weighted by atomic mass is 10.3. The molecule has 106 valence electrons. The Morgan fingerprint density at radius 2 is 2.10 bits per heavy atom. The molecule has 2 aromatic rings. The van der Waals surface area contributed by atoms with Gasteiger partial charge in [-0.15, -0.1) is 23.1 Å². The van der Waals surface area contributed by atoms with Crippen molar-refractivity contribution in [2.75, 3.05) is 5.32 Å². The molecule has 3 rings (SSSR count). The van der Waals surface area contributed by atoms with Crippen LogP contribution in [0.4, 0.5) is 5.69 Å². The van der Waals surface area contributed by atoms with Gasteiger partial charge in [-0.1, -0.05) is 25.0 Å². The Bertz CT molecular complexity index is 559. The first-order valence-electron chi connectivity index (χ1n) is 7.21. The van der Waals surface area contributed by atoms with Crippen molar-refractivity contribution in [3.63, 3.8) is 0 Å². The Labute approximate surface area is 129 Å². The third kappa shape index (κ3) is 3.36. The number of hydrogen-bond donors (Lipinski definition) is 1. The molecule has 1 aliphatic rings. The zero-order chi connectivity index (χ0) is 13.8. The number of rotatable bonds is 5. The van der Waals surface area contributed by atoms with Gasteiger partial charge in [-0.05, 0) is 31.9 Å². The molecule has 20 heavy (non-hydrogen) atoms. The van der Waals surface area contributed by atoms with Gasteiger partial charge >= 0.3 is 0 Å². The summed E-state index contributed by atoms with van der Waals surface area (Å²) < 4.78 is 0. The number of nitrogens with one attached hydrogen (secondary N) is 1. The fraction of sp³-hybridized carbons (Fsp3) is 0.438. The van der Waals surface area contributed by atoms with Crippen LogP contribution in [0, 0.1) is 6.92 Å². The molecule has 1 aromatic heterocycles. The van der Waals surface area contributed by atoms with Crippen molar-refractivity contribution >= 4 is 28.8 Å². The van der Waals surface area contributed by atoms with Crippen LogP contribution in [0.25, 0.3) is 0 Å². The van der Waals surface area contributed by atoms with Gasteiger partial charge in [0.2, 0.25) is 0 Å². The maximum atomic E-state index is 4.31. The molecule has 1 saturated carbocycles. The second-order valence-electron chi connectivity index (χ2n) is 5.23. The van der Waals surface area contributed by atoms with Crippen molar-refractivity contribution in [3.8, 4) is 0 Å². The second kappa shape index (κ2) is 6.64. The zero-order valence-corrected chi connectivity index (χ0v) is 13.4. The standard InChI is InChI=1S/C16H20N2S2/c1-12-16(19-11-18-12)10-17-14-8-4-5-9-15(14)20-13-6-2-3-7-13/h4-5,8-9,11,13,17H,2-3,6-7,10H2,1H3. The Balaban J connectivity index is 1.67. The molecule has 1 N–H and O–H groups in total. The molecular weight excluding hydrogens is 284 g/mol. The van der Waals surface area contributed by atoms with E-state index in [0.717, 1.165) is 17.5 Å². The van der Waals surface area contributed by atoms with Crippen molar-refractivity contribution in [3.05, 3.63) is 40.3 Å². The van der Waals surface area contributed by atoms with E-state index in [1.807, 2.05) is 17.3 Å². The first-order chi connectivity index (χ1) is 9.83. The summed E-state index contributed by atoms with van der Waals surface area (Å²) in [5.74, 6) is 0. The van der Waals surface area contributed by atoms with E-state index >= 15 is 0 Å². The van der Waals surface area contributed by atoms with E-state index in [-0.39, 0.29) is 0 Å². The Hall–Kier alpha value is -1.00. The molecule has 0 atom stereocenters. The van der Waals surface area contributed by atoms with E-state index in [0.29, 0.717) is 0 Å². The van der Waals surface area contributed by atoms with Gasteiger partial charge in [-0.2, -0.15) is 0 Å². The molecule has 4 heteroatoms. The van der Waals surface area contributed by atoms with Crippen molar-refractivity contribution in [2.24, 2.45) is 0 Å². The fourth-order valence-corrected chi connectivity index (χ4v) is 4.64. The molecule has 0 bridgehead atoms. The smallest absolute Gasteiger partial charge is 0.0798 e. The fourth-order valence-electron chi connectivity index (χ4n) is 2.57. The second-order valence-corrected chi connectivity index (χ2v) is 7.52. The van der Waals surface area contributed by atoms with Crippen LogP contribution in [0.5, 0.6) is 0 Å². The predicted molar refractivity (Wildman–Crippen MR) is 88.7 cm³/mol. The molecule has 0 unspecified atom stereocenters. The molecule has 1 aliphatic carbocycles. The number of para-hydroxylation sites is 1. The number of benzene rings is 1. The van der Waals surface area contributed by atoms with E-state index in [9.17, 15) is 0 Å². The van der Waals surface area contributed by atoms with Crippen LogP contribution in [0.3, 0.4) is 0 Å². The molecular formula is C16H20N2S2. The summed E-state index contributed by atoms with van der Waals surface area (Å²) in [5, 5.41) is 4.39. The van der Waals surface area contributed by atoms with Crippen molar-refractivity contribution in [1.29, 1.82) is 0 Å². The van der Waals surface area contributed by atoms with Gasteiger partial charge < -0.3 is 5.32 Å². The van der Waals surface area contributed by atoms with Gasteiger partial charge in [-0.3, -0.25) is 0 Å². The lowest BCUT2D eigenvalue weighted by molar-refractivity contribution is 0.886. The summed E-state index contributed by atoms with van der Waals surface area (Å²) >= 11 is 3.77. The number of aromatic nitrogens is 1. The summed E-state index contributed by atoms with van der Waals surface area (Å²) in [6.45, 7) is 2.95. The van der Waals surface area contributed by atoms with Crippen LogP contribution in [0.1, 0.15) is 36.3 Å². The minimum Gasteiger partial charge on any atom is -0.379 e. The highest BCUT2D eigenvalue weighted by atomic mass is 32.2. The van der Waals surface area contributed by atoms with Crippen molar-refractivity contribution in [1.82, 2.24) is 4.98 Å². The number of thioether (sulfide) groups is 1. The molecule has 1 fully saturated rings. The Morgan fingerprint density at radius 1 is 1.30 bits per heavy atom. The van der Waals surface area contributed by atoms with Crippen molar-refractivity contribution in [2.45, 2.75) is 49.3 Å². The molecule has 1 aromatic carbocycles. The third-order valence-electron chi connectivity index (χ3n) is 3.77. The Morgan fingerprint density at radius 3 is 2.85 bits per heavy atom. The van der Waals surface area contributed by atoms with Gasteiger partial charge in [-0.25, -0.2) is 4.98 Å². The lowest BCUT2D eigenvalue weighted by Crippen LogP contribution is -2.02. The molecule has 0 saturated heterocycles. The molecule has 0 radical (unpaired) electrons. The van der Waals surface area contributed by atoms with E-state index in [4.69, 9.17) is 0 Å². The minimum atomic E-state index is 0.808. The molecule has 0 amide bonds. The molecule has 0 spiro atoms.